The van der Waals surface area contributed by atoms with Crippen molar-refractivity contribution in [2.24, 2.45) is 0 Å². The van der Waals surface area contributed by atoms with Gasteiger partial charge >= 0.3 is 0 Å². The Hall–Kier alpha value is -0.380. The summed E-state index contributed by atoms with van der Waals surface area (Å²) in [7, 11) is 2.09. The predicted molar refractivity (Wildman–Crippen MR) is 80.5 cm³/mol. The average molecular weight is 266 g/mol. The predicted octanol–water partition coefficient (Wildman–Crippen LogP) is 3.06. The molecule has 2 nitrogen and oxygen atoms in total. The van der Waals surface area contributed by atoms with E-state index in [0.29, 0.717) is 18.1 Å². The quantitative estimate of drug-likeness (QED) is 0.901. The Morgan fingerprint density at radius 2 is 2.28 bits per heavy atom. The van der Waals surface area contributed by atoms with E-state index in [1.54, 1.807) is 0 Å². The Morgan fingerprint density at radius 1 is 1.50 bits per heavy atom. The van der Waals surface area contributed by atoms with Gasteiger partial charge in [0.25, 0.3) is 0 Å². The number of aryl methyl sites for hydroxylation is 1. The fraction of sp³-hybridized carbons (Fsp3) is 0.733. The lowest BCUT2D eigenvalue weighted by Gasteiger charge is -2.41. The second-order valence-electron chi connectivity index (χ2n) is 5.66. The van der Waals surface area contributed by atoms with Crippen LogP contribution in [-0.4, -0.2) is 36.6 Å². The van der Waals surface area contributed by atoms with Gasteiger partial charge in [0.05, 0.1) is 0 Å². The zero-order valence-electron chi connectivity index (χ0n) is 12.1. The fourth-order valence-electron chi connectivity index (χ4n) is 3.11. The largest absolute Gasteiger partial charge is 0.317 e. The summed E-state index contributed by atoms with van der Waals surface area (Å²) in [6.07, 6.45) is 3.77. The topological polar surface area (TPSA) is 15.3 Å². The molecule has 0 radical (unpaired) electrons. The third-order valence-corrected chi connectivity index (χ3v) is 5.22. The molecule has 1 N–H and O–H groups in total. The lowest BCUT2D eigenvalue weighted by Crippen LogP contribution is -2.50. The van der Waals surface area contributed by atoms with Gasteiger partial charge < -0.3 is 5.32 Å². The SMILES string of the molecule is CNC1CCN(C(C)Cc2ccc(C)s2)C(C)C1. The summed E-state index contributed by atoms with van der Waals surface area (Å²) < 4.78 is 0. The molecule has 1 aromatic rings. The highest BCUT2D eigenvalue weighted by molar-refractivity contribution is 7.11. The molecule has 1 aromatic heterocycles. The molecule has 1 saturated heterocycles. The van der Waals surface area contributed by atoms with Crippen molar-refractivity contribution in [1.29, 1.82) is 0 Å². The van der Waals surface area contributed by atoms with Crippen molar-refractivity contribution >= 4 is 11.3 Å². The molecule has 0 saturated carbocycles. The molecule has 102 valence electrons. The first kappa shape index (κ1) is 14.0. The first-order valence-corrected chi connectivity index (χ1v) is 7.90. The summed E-state index contributed by atoms with van der Waals surface area (Å²) in [6, 6.07) is 6.61. The van der Waals surface area contributed by atoms with E-state index in [9.17, 15) is 0 Å². The van der Waals surface area contributed by atoms with E-state index in [1.165, 1.54) is 35.6 Å². The monoisotopic (exact) mass is 266 g/mol. The Morgan fingerprint density at radius 3 is 2.83 bits per heavy atom. The summed E-state index contributed by atoms with van der Waals surface area (Å²) >= 11 is 1.95. The van der Waals surface area contributed by atoms with Crippen LogP contribution in [0.4, 0.5) is 0 Å². The minimum absolute atomic E-state index is 0.663. The smallest absolute Gasteiger partial charge is 0.0118 e. The molecule has 3 atom stereocenters. The van der Waals surface area contributed by atoms with Crippen LogP contribution < -0.4 is 5.32 Å². The van der Waals surface area contributed by atoms with E-state index in [4.69, 9.17) is 0 Å². The summed E-state index contributed by atoms with van der Waals surface area (Å²) in [4.78, 5) is 5.64. The molecule has 3 unspecified atom stereocenters. The van der Waals surface area contributed by atoms with E-state index in [0.717, 1.165) is 0 Å². The maximum atomic E-state index is 3.42. The molecular weight excluding hydrogens is 240 g/mol. The molecule has 0 aromatic carbocycles. The van der Waals surface area contributed by atoms with Gasteiger partial charge in [-0.1, -0.05) is 0 Å². The summed E-state index contributed by atoms with van der Waals surface area (Å²) in [5.74, 6) is 0. The average Bonchev–Trinajstić information content (AvgIpc) is 2.74. The highest BCUT2D eigenvalue weighted by Crippen LogP contribution is 2.23. The Labute approximate surface area is 115 Å². The van der Waals surface area contributed by atoms with Crippen LogP contribution in [0, 0.1) is 6.92 Å². The Kier molecular flexibility index (Phi) is 4.82. The van der Waals surface area contributed by atoms with Crippen LogP contribution in [0.2, 0.25) is 0 Å². The Bertz CT molecular complexity index is 374. The highest BCUT2D eigenvalue weighted by Gasteiger charge is 2.27. The van der Waals surface area contributed by atoms with Gasteiger partial charge in [-0.15, -0.1) is 11.3 Å². The van der Waals surface area contributed by atoms with Gasteiger partial charge in [-0.3, -0.25) is 4.90 Å². The van der Waals surface area contributed by atoms with Gasteiger partial charge in [-0.05, 0) is 59.2 Å². The molecular formula is C15H26N2S. The highest BCUT2D eigenvalue weighted by atomic mass is 32.1. The fourth-order valence-corrected chi connectivity index (χ4v) is 4.12. The van der Waals surface area contributed by atoms with Crippen LogP contribution in [0.5, 0.6) is 0 Å². The van der Waals surface area contributed by atoms with Crippen molar-refractivity contribution in [3.05, 3.63) is 21.9 Å². The summed E-state index contributed by atoms with van der Waals surface area (Å²) in [5, 5.41) is 3.42. The van der Waals surface area contributed by atoms with Crippen LogP contribution >= 0.6 is 11.3 Å². The van der Waals surface area contributed by atoms with Crippen molar-refractivity contribution in [1.82, 2.24) is 10.2 Å². The third-order valence-electron chi connectivity index (χ3n) is 4.19. The van der Waals surface area contributed by atoms with Crippen LogP contribution in [0.1, 0.15) is 36.4 Å². The number of nitrogens with one attached hydrogen (secondary N) is 1. The molecule has 18 heavy (non-hydrogen) atoms. The summed E-state index contributed by atoms with van der Waals surface area (Å²) in [5.41, 5.74) is 0. The van der Waals surface area contributed by atoms with Gasteiger partial charge in [-0.2, -0.15) is 0 Å². The molecule has 1 fully saturated rings. The van der Waals surface area contributed by atoms with Gasteiger partial charge in [0.1, 0.15) is 0 Å². The molecule has 0 bridgehead atoms. The van der Waals surface area contributed by atoms with Crippen molar-refractivity contribution < 1.29 is 0 Å². The second-order valence-corrected chi connectivity index (χ2v) is 7.03. The lowest BCUT2D eigenvalue weighted by molar-refractivity contribution is 0.0977. The maximum Gasteiger partial charge on any atom is 0.0118 e. The molecule has 0 spiro atoms. The number of hydrogen-bond acceptors (Lipinski definition) is 3. The normalized spacial score (nSPS) is 27.3. The number of nitrogens with zero attached hydrogens (tertiary/aromatic N) is 1. The molecule has 1 aliphatic rings. The standard InChI is InChI=1S/C15H26N2S/c1-11-9-14(16-4)7-8-17(11)12(2)10-15-6-5-13(3)18-15/h5-6,11-12,14,16H,7-10H2,1-4H3. The van der Waals surface area contributed by atoms with Crippen LogP contribution in [-0.2, 0) is 6.42 Å². The number of thiophene rings is 1. The van der Waals surface area contributed by atoms with E-state index < -0.39 is 0 Å². The number of hydrogen-bond donors (Lipinski definition) is 1. The molecule has 1 aliphatic heterocycles. The molecule has 2 heterocycles. The minimum Gasteiger partial charge on any atom is -0.317 e. The first-order chi connectivity index (χ1) is 8.60. The van der Waals surface area contributed by atoms with Crippen LogP contribution in [0.25, 0.3) is 0 Å². The van der Waals surface area contributed by atoms with Gasteiger partial charge in [0.15, 0.2) is 0 Å². The lowest BCUT2D eigenvalue weighted by atomic mass is 9.96. The number of piperidine rings is 1. The Balaban J connectivity index is 1.91. The van der Waals surface area contributed by atoms with E-state index in [-0.39, 0.29) is 0 Å². The van der Waals surface area contributed by atoms with Crippen LogP contribution in [0.15, 0.2) is 12.1 Å². The van der Waals surface area contributed by atoms with E-state index >= 15 is 0 Å². The van der Waals surface area contributed by atoms with E-state index in [2.05, 4.69) is 50.2 Å². The summed E-state index contributed by atoms with van der Waals surface area (Å²) in [6.45, 7) is 8.18. The van der Waals surface area contributed by atoms with Gasteiger partial charge in [0, 0.05) is 34.4 Å². The zero-order chi connectivity index (χ0) is 13.1. The first-order valence-electron chi connectivity index (χ1n) is 7.08. The van der Waals surface area contributed by atoms with E-state index in [1.807, 2.05) is 11.3 Å². The molecule has 0 amide bonds. The second kappa shape index (κ2) is 6.18. The van der Waals surface area contributed by atoms with Crippen molar-refractivity contribution in [2.75, 3.05) is 13.6 Å². The van der Waals surface area contributed by atoms with Crippen molar-refractivity contribution in [3.8, 4) is 0 Å². The minimum atomic E-state index is 0.663. The third kappa shape index (κ3) is 3.34. The van der Waals surface area contributed by atoms with Crippen molar-refractivity contribution in [3.63, 3.8) is 0 Å². The zero-order valence-corrected chi connectivity index (χ0v) is 12.9. The number of rotatable bonds is 4. The van der Waals surface area contributed by atoms with Gasteiger partial charge in [-0.25, -0.2) is 0 Å². The van der Waals surface area contributed by atoms with Crippen LogP contribution in [0.3, 0.4) is 0 Å². The maximum absolute atomic E-state index is 3.42. The number of likely N-dealkylation sites (tertiary alicyclic amines) is 1. The molecule has 0 aliphatic carbocycles. The molecule has 2 rings (SSSR count). The van der Waals surface area contributed by atoms with Gasteiger partial charge in [0.2, 0.25) is 0 Å². The van der Waals surface area contributed by atoms with Crippen molar-refractivity contribution in [2.45, 2.75) is 58.2 Å². The molecule has 3 heteroatoms.